The molecule has 0 atom stereocenters. The fourth-order valence-electron chi connectivity index (χ4n) is 1.41. The highest BCUT2D eigenvalue weighted by atomic mass is 19.3. The van der Waals surface area contributed by atoms with Crippen molar-refractivity contribution in [3.8, 4) is 6.07 Å². The number of rotatable bonds is 5. The number of carbonyl (C=O) groups is 1. The fraction of sp³-hybridized carbons (Fsp3) is 0.333. The van der Waals surface area contributed by atoms with Gasteiger partial charge in [0.1, 0.15) is 0 Å². The maximum absolute atomic E-state index is 12.1. The van der Waals surface area contributed by atoms with Crippen LogP contribution in [0.2, 0.25) is 0 Å². The zero-order valence-corrected chi connectivity index (χ0v) is 9.86. The van der Waals surface area contributed by atoms with Gasteiger partial charge in [-0.05, 0) is 25.2 Å². The highest BCUT2D eigenvalue weighted by molar-refractivity contribution is 5.92. The molecule has 0 aliphatic heterocycles. The summed E-state index contributed by atoms with van der Waals surface area (Å²) in [6.07, 6.45) is -2.47. The molecule has 0 fully saturated rings. The molecule has 1 aromatic rings. The molecule has 0 radical (unpaired) electrons. The van der Waals surface area contributed by atoms with Crippen LogP contribution in [0.4, 0.5) is 14.5 Å². The van der Waals surface area contributed by atoms with Gasteiger partial charge in [0.2, 0.25) is 5.91 Å². The predicted molar refractivity (Wildman–Crippen MR) is 63.3 cm³/mol. The van der Waals surface area contributed by atoms with Crippen LogP contribution in [0.1, 0.15) is 5.56 Å². The molecular weight excluding hydrogens is 240 g/mol. The Balaban J connectivity index is 2.52. The molecule has 18 heavy (non-hydrogen) atoms. The molecule has 4 nitrogen and oxygen atoms in total. The molecule has 0 aliphatic carbocycles. The van der Waals surface area contributed by atoms with Gasteiger partial charge >= 0.3 is 0 Å². The first-order chi connectivity index (χ1) is 8.51. The largest absolute Gasteiger partial charge is 0.325 e. The number of hydrogen-bond donors (Lipinski definition) is 1. The molecule has 1 rings (SSSR count). The number of amides is 1. The smallest absolute Gasteiger partial charge is 0.251 e. The van der Waals surface area contributed by atoms with E-state index in [1.165, 1.54) is 18.0 Å². The SMILES string of the molecule is CN(CC(=O)Nc1cccc(C#N)c1)CC(F)F. The van der Waals surface area contributed by atoms with Crippen LogP contribution >= 0.6 is 0 Å². The quantitative estimate of drug-likeness (QED) is 0.868. The monoisotopic (exact) mass is 253 g/mol. The van der Waals surface area contributed by atoms with Gasteiger partial charge in [0, 0.05) is 5.69 Å². The Kier molecular flexibility index (Phi) is 5.21. The van der Waals surface area contributed by atoms with Crippen molar-refractivity contribution >= 4 is 11.6 Å². The lowest BCUT2D eigenvalue weighted by molar-refractivity contribution is -0.117. The van der Waals surface area contributed by atoms with E-state index in [1.54, 1.807) is 18.2 Å². The Morgan fingerprint density at radius 2 is 2.28 bits per heavy atom. The first-order valence-corrected chi connectivity index (χ1v) is 5.28. The van der Waals surface area contributed by atoms with Crippen molar-refractivity contribution in [3.63, 3.8) is 0 Å². The Bertz CT molecular complexity index is 457. The third kappa shape index (κ3) is 4.89. The molecule has 0 unspecified atom stereocenters. The summed E-state index contributed by atoms with van der Waals surface area (Å²) in [5.41, 5.74) is 0.901. The molecule has 96 valence electrons. The number of benzene rings is 1. The third-order valence-electron chi connectivity index (χ3n) is 2.14. The first kappa shape index (κ1) is 14.1. The minimum Gasteiger partial charge on any atom is -0.325 e. The molecule has 0 bridgehead atoms. The van der Waals surface area contributed by atoms with Crippen LogP contribution in [-0.4, -0.2) is 37.4 Å². The molecule has 1 N–H and O–H groups in total. The predicted octanol–water partition coefficient (Wildman–Crippen LogP) is 1.69. The van der Waals surface area contributed by atoms with Gasteiger partial charge in [0.25, 0.3) is 6.43 Å². The van der Waals surface area contributed by atoms with Gasteiger partial charge in [-0.1, -0.05) is 6.07 Å². The summed E-state index contributed by atoms with van der Waals surface area (Å²) in [6, 6.07) is 8.34. The molecule has 0 saturated heterocycles. The van der Waals surface area contributed by atoms with Gasteiger partial charge in [-0.3, -0.25) is 9.69 Å². The Labute approximate surface area is 104 Å². The van der Waals surface area contributed by atoms with E-state index in [0.29, 0.717) is 11.3 Å². The molecule has 0 heterocycles. The average molecular weight is 253 g/mol. The standard InChI is InChI=1S/C12H13F2N3O/c1-17(7-11(13)14)8-12(18)16-10-4-2-3-9(5-10)6-15/h2-5,11H,7-8H2,1H3,(H,16,18). The molecule has 0 aromatic heterocycles. The maximum atomic E-state index is 12.1. The molecule has 1 amide bonds. The first-order valence-electron chi connectivity index (χ1n) is 5.28. The number of halogens is 2. The van der Waals surface area contributed by atoms with Crippen LogP contribution < -0.4 is 5.32 Å². The van der Waals surface area contributed by atoms with Crippen molar-refractivity contribution in [1.29, 1.82) is 5.26 Å². The highest BCUT2D eigenvalue weighted by Gasteiger charge is 2.11. The summed E-state index contributed by atoms with van der Waals surface area (Å²) in [5.74, 6) is -0.395. The Morgan fingerprint density at radius 3 is 2.89 bits per heavy atom. The molecule has 0 saturated carbocycles. The van der Waals surface area contributed by atoms with E-state index in [0.717, 1.165) is 0 Å². The van der Waals surface area contributed by atoms with E-state index in [4.69, 9.17) is 5.26 Å². The zero-order valence-electron chi connectivity index (χ0n) is 9.86. The zero-order chi connectivity index (χ0) is 13.5. The second-order valence-electron chi connectivity index (χ2n) is 3.83. The number of nitrogens with zero attached hydrogens (tertiary/aromatic N) is 2. The Hall–Kier alpha value is -2.00. The maximum Gasteiger partial charge on any atom is 0.251 e. The molecule has 0 aliphatic rings. The third-order valence-corrected chi connectivity index (χ3v) is 2.14. The van der Waals surface area contributed by atoms with Gasteiger partial charge in [-0.15, -0.1) is 0 Å². The summed E-state index contributed by atoms with van der Waals surface area (Å²) in [6.45, 7) is -0.577. The van der Waals surface area contributed by atoms with Gasteiger partial charge in [0.15, 0.2) is 0 Å². The molecule has 0 spiro atoms. The van der Waals surface area contributed by atoms with E-state index in [1.807, 2.05) is 6.07 Å². The Morgan fingerprint density at radius 1 is 1.56 bits per heavy atom. The van der Waals surface area contributed by atoms with Crippen LogP contribution in [0.15, 0.2) is 24.3 Å². The summed E-state index contributed by atoms with van der Waals surface area (Å²) in [7, 11) is 1.44. The topological polar surface area (TPSA) is 56.1 Å². The number of nitrogens with one attached hydrogen (secondary N) is 1. The van der Waals surface area contributed by atoms with Crippen molar-refractivity contribution in [3.05, 3.63) is 29.8 Å². The highest BCUT2D eigenvalue weighted by Crippen LogP contribution is 2.09. The second-order valence-corrected chi connectivity index (χ2v) is 3.83. The lowest BCUT2D eigenvalue weighted by Crippen LogP contribution is -2.33. The number of likely N-dealkylation sites (N-methyl/N-ethyl adjacent to an activating group) is 1. The minimum absolute atomic E-state index is 0.124. The van der Waals surface area contributed by atoms with Gasteiger partial charge in [0.05, 0.1) is 24.7 Å². The van der Waals surface area contributed by atoms with E-state index >= 15 is 0 Å². The summed E-state index contributed by atoms with van der Waals surface area (Å²) >= 11 is 0. The number of hydrogen-bond acceptors (Lipinski definition) is 3. The lowest BCUT2D eigenvalue weighted by atomic mass is 10.2. The number of anilines is 1. The van der Waals surface area contributed by atoms with Gasteiger partial charge in [-0.25, -0.2) is 8.78 Å². The van der Waals surface area contributed by atoms with Crippen molar-refractivity contribution in [2.45, 2.75) is 6.43 Å². The van der Waals surface area contributed by atoms with Crippen LogP contribution in [-0.2, 0) is 4.79 Å². The molecular formula is C12H13F2N3O. The van der Waals surface area contributed by atoms with E-state index in [9.17, 15) is 13.6 Å². The van der Waals surface area contributed by atoms with Gasteiger partial charge in [-0.2, -0.15) is 5.26 Å². The van der Waals surface area contributed by atoms with Crippen molar-refractivity contribution in [1.82, 2.24) is 4.90 Å². The fourth-order valence-corrected chi connectivity index (χ4v) is 1.41. The number of carbonyl (C=O) groups excluding carboxylic acids is 1. The number of nitriles is 1. The van der Waals surface area contributed by atoms with Crippen molar-refractivity contribution < 1.29 is 13.6 Å². The summed E-state index contributed by atoms with van der Waals surface area (Å²) < 4.78 is 24.1. The number of alkyl halides is 2. The second kappa shape index (κ2) is 6.67. The van der Waals surface area contributed by atoms with E-state index < -0.39 is 18.9 Å². The normalized spacial score (nSPS) is 10.4. The van der Waals surface area contributed by atoms with Crippen molar-refractivity contribution in [2.75, 3.05) is 25.5 Å². The molecule has 1 aromatic carbocycles. The van der Waals surface area contributed by atoms with E-state index in [2.05, 4.69) is 5.32 Å². The van der Waals surface area contributed by atoms with Crippen LogP contribution in [0.3, 0.4) is 0 Å². The summed E-state index contributed by atoms with van der Waals surface area (Å²) in [5, 5.41) is 11.2. The van der Waals surface area contributed by atoms with E-state index in [-0.39, 0.29) is 6.54 Å². The lowest BCUT2D eigenvalue weighted by Gasteiger charge is -2.15. The average Bonchev–Trinajstić information content (AvgIpc) is 2.27. The van der Waals surface area contributed by atoms with Gasteiger partial charge < -0.3 is 5.32 Å². The van der Waals surface area contributed by atoms with Crippen LogP contribution in [0.25, 0.3) is 0 Å². The summed E-state index contributed by atoms with van der Waals surface area (Å²) in [4.78, 5) is 12.8. The van der Waals surface area contributed by atoms with Crippen LogP contribution in [0, 0.1) is 11.3 Å². The molecule has 6 heteroatoms. The minimum atomic E-state index is -2.47. The van der Waals surface area contributed by atoms with Crippen LogP contribution in [0.5, 0.6) is 0 Å². The van der Waals surface area contributed by atoms with Crippen molar-refractivity contribution in [2.24, 2.45) is 0 Å².